The van der Waals surface area contributed by atoms with E-state index in [4.69, 9.17) is 11.6 Å². The number of carbonyl (C=O) groups excluding carboxylic acids is 1. The van der Waals surface area contributed by atoms with Gasteiger partial charge in [0.05, 0.1) is 5.56 Å². The van der Waals surface area contributed by atoms with Gasteiger partial charge in [0.25, 0.3) is 5.91 Å². The summed E-state index contributed by atoms with van der Waals surface area (Å²) in [5, 5.41) is 3.67. The first-order valence-corrected chi connectivity index (χ1v) is 7.75. The number of benzene rings is 1. The zero-order valence-corrected chi connectivity index (χ0v) is 13.0. The molecule has 1 aliphatic carbocycles. The number of hydrogen-bond donors (Lipinski definition) is 1. The van der Waals surface area contributed by atoms with Gasteiger partial charge in [0.15, 0.2) is 0 Å². The summed E-state index contributed by atoms with van der Waals surface area (Å²) in [5.74, 6) is 0.0590. The van der Waals surface area contributed by atoms with Gasteiger partial charge in [0.2, 0.25) is 0 Å². The molecule has 1 aromatic carbocycles. The van der Waals surface area contributed by atoms with Gasteiger partial charge in [-0.3, -0.25) is 4.79 Å². The van der Waals surface area contributed by atoms with Crippen LogP contribution in [0.4, 0.5) is 5.69 Å². The van der Waals surface area contributed by atoms with Crippen LogP contribution in [0.2, 0.25) is 5.02 Å². The minimum Gasteiger partial charge on any atom is -0.387 e. The molecule has 0 bridgehead atoms. The maximum atomic E-state index is 12.7. The van der Waals surface area contributed by atoms with Gasteiger partial charge in [-0.1, -0.05) is 37.3 Å². The van der Waals surface area contributed by atoms with Crippen LogP contribution >= 0.6 is 11.6 Å². The second-order valence-corrected chi connectivity index (χ2v) is 5.94. The molecule has 1 aromatic rings. The summed E-state index contributed by atoms with van der Waals surface area (Å²) in [4.78, 5) is 14.6. The number of halogens is 1. The highest BCUT2D eigenvalue weighted by Gasteiger charge is 2.23. The Kier molecular flexibility index (Phi) is 5.30. The molecule has 1 amide bonds. The van der Waals surface area contributed by atoms with Crippen LogP contribution in [0.1, 0.15) is 48.9 Å². The van der Waals surface area contributed by atoms with E-state index in [2.05, 4.69) is 5.32 Å². The molecule has 1 fully saturated rings. The highest BCUT2D eigenvalue weighted by Crippen LogP contribution is 2.26. The van der Waals surface area contributed by atoms with Gasteiger partial charge < -0.3 is 10.2 Å². The van der Waals surface area contributed by atoms with Crippen molar-refractivity contribution in [3.05, 3.63) is 28.8 Å². The zero-order valence-electron chi connectivity index (χ0n) is 12.3. The van der Waals surface area contributed by atoms with E-state index in [1.807, 2.05) is 25.1 Å². The summed E-state index contributed by atoms with van der Waals surface area (Å²) in [6, 6.07) is 5.77. The number of carbonyl (C=O) groups is 1. The molecule has 0 aromatic heterocycles. The molecule has 1 saturated carbocycles. The lowest BCUT2D eigenvalue weighted by Gasteiger charge is -2.28. The van der Waals surface area contributed by atoms with Crippen LogP contribution in [0, 0.1) is 0 Å². The second-order valence-electron chi connectivity index (χ2n) is 5.50. The van der Waals surface area contributed by atoms with Crippen molar-refractivity contribution in [2.45, 2.75) is 44.6 Å². The second kappa shape index (κ2) is 6.98. The van der Waals surface area contributed by atoms with Crippen molar-refractivity contribution in [3.8, 4) is 0 Å². The quantitative estimate of drug-likeness (QED) is 0.848. The average molecular weight is 295 g/mol. The molecule has 0 unspecified atom stereocenters. The Morgan fingerprint density at radius 3 is 2.50 bits per heavy atom. The van der Waals surface area contributed by atoms with Crippen LogP contribution in [-0.4, -0.2) is 30.9 Å². The molecule has 20 heavy (non-hydrogen) atoms. The first-order valence-electron chi connectivity index (χ1n) is 7.38. The summed E-state index contributed by atoms with van der Waals surface area (Å²) in [7, 11) is 3.74. The fourth-order valence-electron chi connectivity index (χ4n) is 2.91. The average Bonchev–Trinajstić information content (AvgIpc) is 2.74. The monoisotopic (exact) mass is 294 g/mol. The predicted octanol–water partition coefficient (Wildman–Crippen LogP) is 4.18. The Morgan fingerprint density at radius 1 is 1.25 bits per heavy atom. The summed E-state index contributed by atoms with van der Waals surface area (Å²) in [5.41, 5.74) is 1.49. The van der Waals surface area contributed by atoms with Crippen molar-refractivity contribution in [2.75, 3.05) is 19.4 Å². The van der Waals surface area contributed by atoms with Gasteiger partial charge in [0.1, 0.15) is 0 Å². The van der Waals surface area contributed by atoms with E-state index in [9.17, 15) is 4.79 Å². The van der Waals surface area contributed by atoms with Crippen LogP contribution in [-0.2, 0) is 0 Å². The van der Waals surface area contributed by atoms with Crippen molar-refractivity contribution < 1.29 is 4.79 Å². The summed E-state index contributed by atoms with van der Waals surface area (Å²) in [6.07, 6.45) is 7.23. The molecule has 0 saturated heterocycles. The molecule has 0 atom stereocenters. The lowest BCUT2D eigenvalue weighted by atomic mass is 10.1. The third kappa shape index (κ3) is 3.45. The molecule has 4 heteroatoms. The topological polar surface area (TPSA) is 32.3 Å². The number of rotatable bonds is 3. The van der Waals surface area contributed by atoms with Crippen LogP contribution < -0.4 is 5.32 Å². The van der Waals surface area contributed by atoms with Crippen molar-refractivity contribution in [2.24, 2.45) is 0 Å². The Bertz CT molecular complexity index is 468. The van der Waals surface area contributed by atoms with E-state index >= 15 is 0 Å². The summed E-state index contributed by atoms with van der Waals surface area (Å²) < 4.78 is 0. The molecule has 1 aliphatic rings. The molecule has 0 aliphatic heterocycles. The zero-order chi connectivity index (χ0) is 14.5. The van der Waals surface area contributed by atoms with Crippen molar-refractivity contribution >= 4 is 23.2 Å². The Labute approximate surface area is 126 Å². The minimum absolute atomic E-state index is 0.0590. The standard InChI is InChI=1S/C16H23ClN2O/c1-18-15-10-9-12(17)11-14(15)16(20)19(2)13-7-5-3-4-6-8-13/h9-11,13,18H,3-8H2,1-2H3. The van der Waals surface area contributed by atoms with Crippen LogP contribution in [0.15, 0.2) is 18.2 Å². The van der Waals surface area contributed by atoms with E-state index < -0.39 is 0 Å². The van der Waals surface area contributed by atoms with Gasteiger partial charge in [-0.15, -0.1) is 0 Å². The Morgan fingerprint density at radius 2 is 1.90 bits per heavy atom. The molecule has 3 nitrogen and oxygen atoms in total. The van der Waals surface area contributed by atoms with Crippen molar-refractivity contribution in [3.63, 3.8) is 0 Å². The smallest absolute Gasteiger partial charge is 0.255 e. The number of amides is 1. The SMILES string of the molecule is CNc1ccc(Cl)cc1C(=O)N(C)C1CCCCCC1. The van der Waals surface area contributed by atoms with E-state index in [-0.39, 0.29) is 5.91 Å². The molecule has 2 rings (SSSR count). The van der Waals surface area contributed by atoms with E-state index in [1.165, 1.54) is 25.7 Å². The normalized spacial score (nSPS) is 16.6. The summed E-state index contributed by atoms with van der Waals surface area (Å²) >= 11 is 6.04. The molecular weight excluding hydrogens is 272 g/mol. The largest absolute Gasteiger partial charge is 0.387 e. The number of anilines is 1. The molecule has 110 valence electrons. The highest BCUT2D eigenvalue weighted by atomic mass is 35.5. The first kappa shape index (κ1) is 15.2. The maximum Gasteiger partial charge on any atom is 0.255 e. The number of hydrogen-bond acceptors (Lipinski definition) is 2. The third-order valence-electron chi connectivity index (χ3n) is 4.17. The van der Waals surface area contributed by atoms with Gasteiger partial charge in [-0.2, -0.15) is 0 Å². The fourth-order valence-corrected chi connectivity index (χ4v) is 3.08. The highest BCUT2D eigenvalue weighted by molar-refractivity contribution is 6.31. The van der Waals surface area contributed by atoms with Gasteiger partial charge in [0, 0.05) is 30.8 Å². The molecule has 0 heterocycles. The van der Waals surface area contributed by atoms with Gasteiger partial charge in [-0.25, -0.2) is 0 Å². The van der Waals surface area contributed by atoms with Crippen LogP contribution in [0.3, 0.4) is 0 Å². The lowest BCUT2D eigenvalue weighted by molar-refractivity contribution is 0.0718. The summed E-state index contributed by atoms with van der Waals surface area (Å²) in [6.45, 7) is 0. The van der Waals surface area contributed by atoms with Crippen LogP contribution in [0.5, 0.6) is 0 Å². The van der Waals surface area contributed by atoms with Crippen molar-refractivity contribution in [1.82, 2.24) is 4.90 Å². The predicted molar refractivity (Wildman–Crippen MR) is 84.6 cm³/mol. The third-order valence-corrected chi connectivity index (χ3v) is 4.41. The van der Waals surface area contributed by atoms with E-state index in [1.54, 1.807) is 12.1 Å². The van der Waals surface area contributed by atoms with E-state index in [0.29, 0.717) is 16.6 Å². The fraction of sp³-hybridized carbons (Fsp3) is 0.562. The molecule has 1 N–H and O–H groups in total. The van der Waals surface area contributed by atoms with E-state index in [0.717, 1.165) is 18.5 Å². The first-order chi connectivity index (χ1) is 9.63. The van der Waals surface area contributed by atoms with Crippen molar-refractivity contribution in [1.29, 1.82) is 0 Å². The molecule has 0 spiro atoms. The Balaban J connectivity index is 2.19. The van der Waals surface area contributed by atoms with Crippen LogP contribution in [0.25, 0.3) is 0 Å². The van der Waals surface area contributed by atoms with Gasteiger partial charge >= 0.3 is 0 Å². The minimum atomic E-state index is 0.0590. The molecular formula is C16H23ClN2O. The number of nitrogens with zero attached hydrogens (tertiary/aromatic N) is 1. The number of nitrogens with one attached hydrogen (secondary N) is 1. The Hall–Kier alpha value is -1.22. The lowest BCUT2D eigenvalue weighted by Crippen LogP contribution is -2.37. The molecule has 0 radical (unpaired) electrons. The van der Waals surface area contributed by atoms with Gasteiger partial charge in [-0.05, 0) is 31.0 Å². The maximum absolute atomic E-state index is 12.7.